The molecule has 134 valence electrons. The lowest BCUT2D eigenvalue weighted by Crippen LogP contribution is -2.62. The van der Waals surface area contributed by atoms with Crippen molar-refractivity contribution in [2.75, 3.05) is 6.61 Å². The van der Waals surface area contributed by atoms with E-state index in [1.165, 1.54) is 0 Å². The standard InChI is InChI=1S/C20H30O4/c1-19-7-5-11(22)9-15(19)12(10-21)18(24)17-13-3-4-16(23)20(13,2)8-6-14(17)19/h12-15,17-18,21,24H,3-10H2,1-2H3/t12?,13-,14+,15?,17-,18?,19+,20-/m0/s1. The first kappa shape index (κ1) is 16.7. The zero-order chi connectivity index (χ0) is 17.3. The molecule has 4 fully saturated rings. The maximum Gasteiger partial charge on any atom is 0.139 e. The maximum atomic E-state index is 12.5. The zero-order valence-electron chi connectivity index (χ0n) is 14.8. The fraction of sp³-hybridized carbons (Fsp3) is 0.900. The minimum absolute atomic E-state index is 0.0121. The SMILES string of the molecule is C[C@]12CCC(=O)CC1C(CO)C(O)[C@@H]1[C@H]2CC[C@]2(C)C(=O)CC[C@@H]12. The molecule has 0 heterocycles. The van der Waals surface area contributed by atoms with Gasteiger partial charge in [-0.25, -0.2) is 0 Å². The number of ketones is 2. The predicted molar refractivity (Wildman–Crippen MR) is 89.1 cm³/mol. The topological polar surface area (TPSA) is 74.6 Å². The van der Waals surface area contributed by atoms with E-state index in [1.54, 1.807) is 0 Å². The van der Waals surface area contributed by atoms with Crippen LogP contribution in [-0.4, -0.2) is 34.5 Å². The molecule has 3 unspecified atom stereocenters. The molecule has 4 nitrogen and oxygen atoms in total. The van der Waals surface area contributed by atoms with Crippen molar-refractivity contribution < 1.29 is 19.8 Å². The second-order valence-electron chi connectivity index (χ2n) is 9.40. The van der Waals surface area contributed by atoms with Gasteiger partial charge in [-0.15, -0.1) is 0 Å². The van der Waals surface area contributed by atoms with Crippen molar-refractivity contribution in [1.29, 1.82) is 0 Å². The summed E-state index contributed by atoms with van der Waals surface area (Å²) in [6, 6.07) is 0. The number of hydrogen-bond donors (Lipinski definition) is 2. The molecule has 4 saturated carbocycles. The molecule has 4 heteroatoms. The van der Waals surface area contributed by atoms with E-state index >= 15 is 0 Å². The minimum Gasteiger partial charge on any atom is -0.396 e. The Balaban J connectivity index is 1.76. The van der Waals surface area contributed by atoms with Crippen LogP contribution in [0.3, 0.4) is 0 Å². The fourth-order valence-corrected chi connectivity index (χ4v) is 7.25. The Morgan fingerprint density at radius 1 is 1.04 bits per heavy atom. The van der Waals surface area contributed by atoms with E-state index in [2.05, 4.69) is 13.8 Å². The summed E-state index contributed by atoms with van der Waals surface area (Å²) in [5.74, 6) is 1.21. The highest BCUT2D eigenvalue weighted by atomic mass is 16.3. The summed E-state index contributed by atoms with van der Waals surface area (Å²) >= 11 is 0. The van der Waals surface area contributed by atoms with Crippen LogP contribution >= 0.6 is 0 Å². The van der Waals surface area contributed by atoms with Crippen LogP contribution in [0, 0.1) is 40.4 Å². The summed E-state index contributed by atoms with van der Waals surface area (Å²) in [7, 11) is 0. The first-order chi connectivity index (χ1) is 11.3. The number of fused-ring (bicyclic) bond motifs is 5. The van der Waals surface area contributed by atoms with Gasteiger partial charge in [0.25, 0.3) is 0 Å². The lowest BCUT2D eigenvalue weighted by atomic mass is 9.42. The molecule has 24 heavy (non-hydrogen) atoms. The van der Waals surface area contributed by atoms with Gasteiger partial charge >= 0.3 is 0 Å². The van der Waals surface area contributed by atoms with E-state index in [0.717, 1.165) is 25.7 Å². The van der Waals surface area contributed by atoms with Gasteiger partial charge in [-0.3, -0.25) is 9.59 Å². The van der Waals surface area contributed by atoms with Crippen LogP contribution in [-0.2, 0) is 9.59 Å². The molecular formula is C20H30O4. The molecule has 0 aromatic carbocycles. The summed E-state index contributed by atoms with van der Waals surface area (Å²) in [6.07, 6.45) is 4.83. The summed E-state index contributed by atoms with van der Waals surface area (Å²) in [5, 5.41) is 21.2. The molecular weight excluding hydrogens is 304 g/mol. The second-order valence-corrected chi connectivity index (χ2v) is 9.40. The molecule has 2 N–H and O–H groups in total. The highest BCUT2D eigenvalue weighted by molar-refractivity contribution is 5.87. The van der Waals surface area contributed by atoms with Crippen molar-refractivity contribution in [2.24, 2.45) is 40.4 Å². The first-order valence-electron chi connectivity index (χ1n) is 9.67. The Bertz CT molecular complexity index is 572. The normalized spacial score (nSPS) is 54.2. The van der Waals surface area contributed by atoms with Crippen LogP contribution < -0.4 is 0 Å². The summed E-state index contributed by atoms with van der Waals surface area (Å²) < 4.78 is 0. The third-order valence-electron chi connectivity index (χ3n) is 8.69. The van der Waals surface area contributed by atoms with Gasteiger partial charge in [0.05, 0.1) is 6.10 Å². The van der Waals surface area contributed by atoms with Crippen LogP contribution in [0.2, 0.25) is 0 Å². The molecule has 0 radical (unpaired) electrons. The number of carbonyl (C=O) groups excluding carboxylic acids is 2. The van der Waals surface area contributed by atoms with Gasteiger partial charge < -0.3 is 10.2 Å². The van der Waals surface area contributed by atoms with Crippen LogP contribution in [0.5, 0.6) is 0 Å². The van der Waals surface area contributed by atoms with Crippen molar-refractivity contribution in [1.82, 2.24) is 0 Å². The van der Waals surface area contributed by atoms with E-state index in [9.17, 15) is 19.8 Å². The van der Waals surface area contributed by atoms with E-state index in [4.69, 9.17) is 0 Å². The quantitative estimate of drug-likeness (QED) is 0.772. The number of aliphatic hydroxyl groups is 2. The number of Topliss-reactive ketones (excluding diaryl/α,β-unsaturated/α-hetero) is 2. The fourth-order valence-electron chi connectivity index (χ4n) is 7.25. The molecule has 4 aliphatic rings. The van der Waals surface area contributed by atoms with Crippen molar-refractivity contribution in [3.05, 3.63) is 0 Å². The van der Waals surface area contributed by atoms with Crippen LogP contribution in [0.1, 0.15) is 58.8 Å². The average molecular weight is 334 g/mol. The molecule has 4 rings (SSSR count). The second kappa shape index (κ2) is 5.38. The molecule has 0 aromatic heterocycles. The molecule has 0 bridgehead atoms. The predicted octanol–water partition coefficient (Wildman–Crippen LogP) is 2.36. The van der Waals surface area contributed by atoms with E-state index in [1.807, 2.05) is 0 Å². The van der Waals surface area contributed by atoms with Gasteiger partial charge in [-0.05, 0) is 54.8 Å². The van der Waals surface area contributed by atoms with Crippen molar-refractivity contribution in [3.63, 3.8) is 0 Å². The van der Waals surface area contributed by atoms with E-state index in [-0.39, 0.29) is 46.9 Å². The lowest BCUT2D eigenvalue weighted by molar-refractivity contribution is -0.196. The van der Waals surface area contributed by atoms with Crippen molar-refractivity contribution in [3.8, 4) is 0 Å². The highest BCUT2D eigenvalue weighted by Gasteiger charge is 2.64. The largest absolute Gasteiger partial charge is 0.396 e. The Morgan fingerprint density at radius 3 is 2.50 bits per heavy atom. The minimum atomic E-state index is -0.584. The molecule has 0 spiro atoms. The molecule has 4 aliphatic carbocycles. The molecule has 0 saturated heterocycles. The van der Waals surface area contributed by atoms with Gasteiger partial charge in [0.15, 0.2) is 0 Å². The molecule has 8 atom stereocenters. The van der Waals surface area contributed by atoms with Crippen molar-refractivity contribution in [2.45, 2.75) is 64.9 Å². The summed E-state index contributed by atoms with van der Waals surface area (Å²) in [4.78, 5) is 24.5. The monoisotopic (exact) mass is 334 g/mol. The smallest absolute Gasteiger partial charge is 0.139 e. The Kier molecular flexibility index (Phi) is 3.74. The maximum absolute atomic E-state index is 12.5. The van der Waals surface area contributed by atoms with Gasteiger partial charge in [0.2, 0.25) is 0 Å². The Morgan fingerprint density at radius 2 is 1.79 bits per heavy atom. The van der Waals surface area contributed by atoms with Crippen LogP contribution in [0.25, 0.3) is 0 Å². The third kappa shape index (κ3) is 1.99. The third-order valence-corrected chi connectivity index (χ3v) is 8.69. The number of carbonyl (C=O) groups is 2. The lowest BCUT2D eigenvalue weighted by Gasteiger charge is -2.63. The van der Waals surface area contributed by atoms with Gasteiger partial charge in [0.1, 0.15) is 11.6 Å². The van der Waals surface area contributed by atoms with E-state index in [0.29, 0.717) is 31.0 Å². The molecule has 0 aliphatic heterocycles. The van der Waals surface area contributed by atoms with Crippen LogP contribution in [0.4, 0.5) is 0 Å². The number of aliphatic hydroxyl groups excluding tert-OH is 2. The molecule has 0 amide bonds. The molecule has 0 aromatic rings. The zero-order valence-corrected chi connectivity index (χ0v) is 14.8. The first-order valence-corrected chi connectivity index (χ1v) is 9.67. The summed E-state index contributed by atoms with van der Waals surface area (Å²) in [6.45, 7) is 4.33. The number of hydrogen-bond acceptors (Lipinski definition) is 4. The van der Waals surface area contributed by atoms with Crippen molar-refractivity contribution >= 4 is 11.6 Å². The van der Waals surface area contributed by atoms with Crippen LogP contribution in [0.15, 0.2) is 0 Å². The van der Waals surface area contributed by atoms with Gasteiger partial charge in [0, 0.05) is 37.2 Å². The highest BCUT2D eigenvalue weighted by Crippen LogP contribution is 2.66. The summed E-state index contributed by atoms with van der Waals surface area (Å²) in [5.41, 5.74) is -0.270. The van der Waals surface area contributed by atoms with E-state index < -0.39 is 6.10 Å². The Hall–Kier alpha value is -0.740. The van der Waals surface area contributed by atoms with Gasteiger partial charge in [-0.1, -0.05) is 13.8 Å². The average Bonchev–Trinajstić information content (AvgIpc) is 2.85. The van der Waals surface area contributed by atoms with Gasteiger partial charge in [-0.2, -0.15) is 0 Å². The number of rotatable bonds is 1. The Labute approximate surface area is 144 Å².